The number of nitrogens with zero attached hydrogens (tertiary/aromatic N) is 3. The summed E-state index contributed by atoms with van der Waals surface area (Å²) < 4.78 is 26.0. The van der Waals surface area contributed by atoms with E-state index in [4.69, 9.17) is 9.47 Å². The molecule has 0 saturated carbocycles. The Bertz CT molecular complexity index is 2220. The lowest BCUT2D eigenvalue weighted by Crippen LogP contribution is -2.29. The zero-order chi connectivity index (χ0) is 35.3. The molecule has 254 valence electrons. The number of anilines is 1. The first-order valence-electron chi connectivity index (χ1n) is 16.0. The maximum absolute atomic E-state index is 13.8. The number of carbonyl (C=O) groups is 2. The van der Waals surface area contributed by atoms with Crippen LogP contribution >= 0.6 is 23.1 Å². The molecule has 6 aromatic rings. The summed E-state index contributed by atoms with van der Waals surface area (Å²) in [5, 5.41) is 20.5. The highest BCUT2D eigenvalue weighted by Gasteiger charge is 2.48. The fourth-order valence-corrected chi connectivity index (χ4v) is 7.46. The van der Waals surface area contributed by atoms with Crippen LogP contribution in [0.1, 0.15) is 33.9 Å². The second-order valence-electron chi connectivity index (χ2n) is 11.7. The Morgan fingerprint density at radius 3 is 2.33 bits per heavy atom. The predicted molar refractivity (Wildman–Crippen MR) is 196 cm³/mol. The van der Waals surface area contributed by atoms with E-state index in [0.717, 1.165) is 28.0 Å². The molecule has 0 spiro atoms. The molecule has 1 amide bonds. The van der Waals surface area contributed by atoms with Gasteiger partial charge in [0, 0.05) is 11.3 Å². The number of aryl methyl sites for hydroxylation is 1. The van der Waals surface area contributed by atoms with E-state index in [-0.39, 0.29) is 22.3 Å². The fourth-order valence-electron chi connectivity index (χ4n) is 5.63. The Morgan fingerprint density at radius 2 is 1.57 bits per heavy atom. The standard InChI is InChI=1S/C40H30FN3O5S2/c1-25-7-5-8-27(21-25)23-48-31-19-15-28(16-20-31)36(45)34-35(29-9-6-12-33(22-29)49-32-10-3-2-4-11-32)44(38(47)37(34)46)39-42-43-40(51-39)50-24-26-13-17-30(41)18-14-26/h2-22,35,45H,23-24H2,1H3. The number of hydrogen-bond donors (Lipinski definition) is 1. The number of rotatable bonds is 11. The molecule has 1 N–H and O–H groups in total. The van der Waals surface area contributed by atoms with E-state index in [9.17, 15) is 19.1 Å². The molecule has 0 aliphatic carbocycles. The number of amides is 1. The Hall–Kier alpha value is -5.78. The molecule has 5 aromatic carbocycles. The molecule has 1 aliphatic heterocycles. The molecule has 7 rings (SSSR count). The van der Waals surface area contributed by atoms with Crippen molar-refractivity contribution in [2.75, 3.05) is 4.90 Å². The number of aliphatic hydroxyl groups excluding tert-OH is 1. The van der Waals surface area contributed by atoms with Crippen LogP contribution < -0.4 is 14.4 Å². The number of benzene rings is 5. The molecule has 11 heteroatoms. The molecule has 8 nitrogen and oxygen atoms in total. The summed E-state index contributed by atoms with van der Waals surface area (Å²) in [6, 6.07) is 36.1. The number of aromatic nitrogens is 2. The second-order valence-corrected chi connectivity index (χ2v) is 13.9. The van der Waals surface area contributed by atoms with Gasteiger partial charge in [0.05, 0.1) is 11.6 Å². The highest BCUT2D eigenvalue weighted by atomic mass is 32.2. The van der Waals surface area contributed by atoms with Gasteiger partial charge in [0.1, 0.15) is 35.4 Å². The smallest absolute Gasteiger partial charge is 0.301 e. The third-order valence-corrected chi connectivity index (χ3v) is 10.2. The van der Waals surface area contributed by atoms with Crippen LogP contribution in [0.25, 0.3) is 5.76 Å². The number of carbonyl (C=O) groups excluding carboxylic acids is 2. The summed E-state index contributed by atoms with van der Waals surface area (Å²) in [6.07, 6.45) is 0. The minimum absolute atomic E-state index is 0.0963. The highest BCUT2D eigenvalue weighted by molar-refractivity contribution is 8.00. The van der Waals surface area contributed by atoms with Crippen LogP contribution in [-0.2, 0) is 21.9 Å². The van der Waals surface area contributed by atoms with Gasteiger partial charge in [0.2, 0.25) is 5.13 Å². The van der Waals surface area contributed by atoms with E-state index in [1.54, 1.807) is 60.7 Å². The Kier molecular flexibility index (Phi) is 9.91. The average Bonchev–Trinajstić information content (AvgIpc) is 3.72. The molecule has 2 heterocycles. The van der Waals surface area contributed by atoms with Gasteiger partial charge in [-0.1, -0.05) is 95.4 Å². The summed E-state index contributed by atoms with van der Waals surface area (Å²) in [4.78, 5) is 28.9. The summed E-state index contributed by atoms with van der Waals surface area (Å²) >= 11 is 2.52. The summed E-state index contributed by atoms with van der Waals surface area (Å²) in [6.45, 7) is 2.38. The molecule has 51 heavy (non-hydrogen) atoms. The maximum atomic E-state index is 13.8. The van der Waals surface area contributed by atoms with E-state index in [0.29, 0.717) is 45.1 Å². The molecular formula is C40H30FN3O5S2. The van der Waals surface area contributed by atoms with Gasteiger partial charge in [0.25, 0.3) is 5.78 Å². The third-order valence-electron chi connectivity index (χ3n) is 8.09. The molecular weight excluding hydrogens is 686 g/mol. The van der Waals surface area contributed by atoms with Crippen molar-refractivity contribution in [1.82, 2.24) is 10.2 Å². The Morgan fingerprint density at radius 1 is 0.824 bits per heavy atom. The first kappa shape index (κ1) is 33.7. The molecule has 1 aromatic heterocycles. The third kappa shape index (κ3) is 7.69. The number of thioether (sulfide) groups is 1. The van der Waals surface area contributed by atoms with Crippen molar-refractivity contribution in [1.29, 1.82) is 0 Å². The molecule has 1 unspecified atom stereocenters. The van der Waals surface area contributed by atoms with Gasteiger partial charge in [-0.25, -0.2) is 4.39 Å². The maximum Gasteiger partial charge on any atom is 0.301 e. The predicted octanol–water partition coefficient (Wildman–Crippen LogP) is 9.28. The van der Waals surface area contributed by atoms with Gasteiger partial charge in [0.15, 0.2) is 4.34 Å². The monoisotopic (exact) mass is 715 g/mol. The largest absolute Gasteiger partial charge is 0.507 e. The van der Waals surface area contributed by atoms with Crippen molar-refractivity contribution in [3.05, 3.63) is 167 Å². The zero-order valence-corrected chi connectivity index (χ0v) is 28.9. The average molecular weight is 716 g/mol. The topological polar surface area (TPSA) is 102 Å². The van der Waals surface area contributed by atoms with Crippen LogP contribution in [0, 0.1) is 12.7 Å². The van der Waals surface area contributed by atoms with Crippen LogP contribution in [-0.4, -0.2) is 27.0 Å². The van der Waals surface area contributed by atoms with Crippen LogP contribution in [0.2, 0.25) is 0 Å². The summed E-state index contributed by atoms with van der Waals surface area (Å²) in [7, 11) is 0. The van der Waals surface area contributed by atoms with Gasteiger partial charge in [-0.3, -0.25) is 14.5 Å². The molecule has 1 saturated heterocycles. The van der Waals surface area contributed by atoms with Crippen molar-refractivity contribution >= 4 is 45.7 Å². The number of halogens is 1. The van der Waals surface area contributed by atoms with Crippen LogP contribution in [0.15, 0.2) is 137 Å². The lowest BCUT2D eigenvalue weighted by molar-refractivity contribution is -0.132. The normalized spacial score (nSPS) is 15.3. The zero-order valence-electron chi connectivity index (χ0n) is 27.2. The van der Waals surface area contributed by atoms with Gasteiger partial charge in [-0.15, -0.1) is 10.2 Å². The van der Waals surface area contributed by atoms with Crippen molar-refractivity contribution in [2.24, 2.45) is 0 Å². The number of hydrogen-bond acceptors (Lipinski definition) is 9. The molecule has 1 atom stereocenters. The number of Topliss-reactive ketones (excluding diaryl/α,β-unsaturated/α-hetero) is 1. The summed E-state index contributed by atoms with van der Waals surface area (Å²) in [5.74, 6) is -0.194. The van der Waals surface area contributed by atoms with E-state index in [1.165, 1.54) is 28.8 Å². The first-order valence-corrected chi connectivity index (χ1v) is 17.8. The number of ketones is 1. The fraction of sp³-hybridized carbons (Fsp3) is 0.100. The van der Waals surface area contributed by atoms with E-state index in [1.807, 2.05) is 61.5 Å². The molecule has 0 bridgehead atoms. The minimum atomic E-state index is -1.04. The van der Waals surface area contributed by atoms with Gasteiger partial charge >= 0.3 is 5.91 Å². The summed E-state index contributed by atoms with van der Waals surface area (Å²) in [5.41, 5.74) is 3.81. The van der Waals surface area contributed by atoms with Crippen molar-refractivity contribution < 1.29 is 28.6 Å². The Balaban J connectivity index is 1.21. The number of ether oxygens (including phenoxy) is 2. The lowest BCUT2D eigenvalue weighted by atomic mass is 9.95. The van der Waals surface area contributed by atoms with Crippen molar-refractivity contribution in [3.8, 4) is 17.2 Å². The SMILES string of the molecule is Cc1cccc(COc2ccc(C(O)=C3C(=O)C(=O)N(c4nnc(SCc5ccc(F)cc5)s4)C3c3cccc(Oc4ccccc4)c3)cc2)c1. The van der Waals surface area contributed by atoms with Crippen molar-refractivity contribution in [2.45, 2.75) is 29.7 Å². The Labute approximate surface area is 301 Å². The van der Waals surface area contributed by atoms with E-state index in [2.05, 4.69) is 10.2 Å². The lowest BCUT2D eigenvalue weighted by Gasteiger charge is -2.23. The van der Waals surface area contributed by atoms with Gasteiger partial charge in [-0.05, 0) is 84.3 Å². The number of aliphatic hydroxyl groups is 1. The van der Waals surface area contributed by atoms with Crippen molar-refractivity contribution in [3.63, 3.8) is 0 Å². The van der Waals surface area contributed by atoms with Crippen LogP contribution in [0.3, 0.4) is 0 Å². The molecule has 0 radical (unpaired) electrons. The number of para-hydroxylation sites is 1. The van der Waals surface area contributed by atoms with E-state index >= 15 is 0 Å². The van der Waals surface area contributed by atoms with E-state index < -0.39 is 17.7 Å². The van der Waals surface area contributed by atoms with Crippen LogP contribution in [0.5, 0.6) is 17.2 Å². The quantitative estimate of drug-likeness (QED) is 0.0466. The van der Waals surface area contributed by atoms with Gasteiger partial charge < -0.3 is 14.6 Å². The molecule has 1 aliphatic rings. The second kappa shape index (κ2) is 15.0. The van der Waals surface area contributed by atoms with Crippen LogP contribution in [0.4, 0.5) is 9.52 Å². The molecule has 1 fully saturated rings. The highest BCUT2D eigenvalue weighted by Crippen LogP contribution is 2.45. The van der Waals surface area contributed by atoms with Gasteiger partial charge in [-0.2, -0.15) is 0 Å². The first-order chi connectivity index (χ1) is 24.8. The minimum Gasteiger partial charge on any atom is -0.507 e.